The third kappa shape index (κ3) is 6.75. The average Bonchev–Trinajstić information content (AvgIpc) is 2.68. The van der Waals surface area contributed by atoms with Crippen molar-refractivity contribution in [2.45, 2.75) is 51.7 Å². The van der Waals surface area contributed by atoms with Gasteiger partial charge in [0.05, 0.1) is 13.0 Å². The first kappa shape index (κ1) is 21.5. The summed E-state index contributed by atoms with van der Waals surface area (Å²) in [5.41, 5.74) is 0. The number of rotatable bonds is 8. The molecule has 0 saturated carbocycles. The predicted octanol–water partition coefficient (Wildman–Crippen LogP) is 1.61. The third-order valence-corrected chi connectivity index (χ3v) is 4.53. The number of aromatic hydroxyl groups is 1. The minimum Gasteiger partial charge on any atom is -0.508 e. The number of nitrogens with zero attached hydrogens (tertiary/aromatic N) is 1. The minimum atomic E-state index is -0.639. The van der Waals surface area contributed by atoms with E-state index in [-0.39, 0.29) is 42.4 Å². The van der Waals surface area contributed by atoms with Gasteiger partial charge in [0.25, 0.3) is 5.91 Å². The molecule has 1 unspecified atom stereocenters. The summed E-state index contributed by atoms with van der Waals surface area (Å²) in [6.45, 7) is 4.79. The van der Waals surface area contributed by atoms with Crippen molar-refractivity contribution in [3.05, 3.63) is 24.3 Å². The van der Waals surface area contributed by atoms with Crippen LogP contribution >= 0.6 is 0 Å². The van der Waals surface area contributed by atoms with Crippen LogP contribution in [0.25, 0.3) is 0 Å². The van der Waals surface area contributed by atoms with Crippen LogP contribution in [0.3, 0.4) is 0 Å². The Kier molecular flexibility index (Phi) is 8.10. The summed E-state index contributed by atoms with van der Waals surface area (Å²) in [4.78, 5) is 37.5. The summed E-state index contributed by atoms with van der Waals surface area (Å²) in [7, 11) is 0. The SMILES string of the molecule is CCOC(=O)CCC(=O)NC1CCN(C(=O)C(C)Oc2ccc(O)cc2)CC1. The fraction of sp³-hybridized carbons (Fsp3) is 0.550. The molecule has 2 N–H and O–H groups in total. The molecule has 8 nitrogen and oxygen atoms in total. The molecule has 0 aromatic heterocycles. The number of benzene rings is 1. The van der Waals surface area contributed by atoms with Gasteiger partial charge in [0.1, 0.15) is 11.5 Å². The first-order valence-electron chi connectivity index (χ1n) is 9.58. The fourth-order valence-corrected chi connectivity index (χ4v) is 3.03. The van der Waals surface area contributed by atoms with Crippen molar-refractivity contribution in [1.29, 1.82) is 0 Å². The molecule has 0 radical (unpaired) electrons. The molecule has 1 aromatic carbocycles. The van der Waals surface area contributed by atoms with Crippen LogP contribution in [0.1, 0.15) is 39.5 Å². The normalized spacial score (nSPS) is 15.6. The van der Waals surface area contributed by atoms with Crippen molar-refractivity contribution in [3.8, 4) is 11.5 Å². The molecule has 1 heterocycles. The zero-order valence-electron chi connectivity index (χ0n) is 16.3. The van der Waals surface area contributed by atoms with Crippen molar-refractivity contribution in [1.82, 2.24) is 10.2 Å². The maximum Gasteiger partial charge on any atom is 0.306 e. The van der Waals surface area contributed by atoms with E-state index >= 15 is 0 Å². The third-order valence-electron chi connectivity index (χ3n) is 4.53. The zero-order valence-corrected chi connectivity index (χ0v) is 16.3. The Bertz CT molecular complexity index is 668. The molecule has 2 rings (SSSR count). The second-order valence-electron chi connectivity index (χ2n) is 6.73. The lowest BCUT2D eigenvalue weighted by Crippen LogP contribution is -2.49. The van der Waals surface area contributed by atoms with Crippen molar-refractivity contribution in [2.75, 3.05) is 19.7 Å². The molecule has 2 amide bonds. The van der Waals surface area contributed by atoms with Gasteiger partial charge < -0.3 is 24.8 Å². The van der Waals surface area contributed by atoms with Crippen molar-refractivity contribution >= 4 is 17.8 Å². The number of likely N-dealkylation sites (tertiary alicyclic amines) is 1. The number of carbonyl (C=O) groups is 3. The van der Waals surface area contributed by atoms with Gasteiger partial charge in [0.15, 0.2) is 6.10 Å². The number of piperidine rings is 1. The standard InChI is InChI=1S/C20H28N2O6/c1-3-27-19(25)9-8-18(24)21-15-10-12-22(13-11-15)20(26)14(2)28-17-6-4-16(23)5-7-17/h4-7,14-15,23H,3,8-13H2,1-2H3,(H,21,24). The Morgan fingerprint density at radius 2 is 1.82 bits per heavy atom. The summed E-state index contributed by atoms with van der Waals surface area (Å²) in [6.07, 6.45) is 0.852. The van der Waals surface area contributed by atoms with E-state index in [2.05, 4.69) is 5.32 Å². The van der Waals surface area contributed by atoms with Gasteiger partial charge in [-0.2, -0.15) is 0 Å². The monoisotopic (exact) mass is 392 g/mol. The minimum absolute atomic E-state index is 0.00734. The number of carbonyl (C=O) groups excluding carboxylic acids is 3. The molecule has 28 heavy (non-hydrogen) atoms. The van der Waals surface area contributed by atoms with Gasteiger partial charge in [-0.15, -0.1) is 0 Å². The van der Waals surface area contributed by atoms with Gasteiger partial charge in [0, 0.05) is 25.6 Å². The van der Waals surface area contributed by atoms with Gasteiger partial charge in [-0.1, -0.05) is 0 Å². The largest absolute Gasteiger partial charge is 0.508 e. The van der Waals surface area contributed by atoms with E-state index in [9.17, 15) is 19.5 Å². The number of esters is 1. The number of nitrogens with one attached hydrogen (secondary N) is 1. The van der Waals surface area contributed by atoms with Crippen molar-refractivity contribution in [3.63, 3.8) is 0 Å². The highest BCUT2D eigenvalue weighted by molar-refractivity contribution is 5.82. The summed E-state index contributed by atoms with van der Waals surface area (Å²) < 4.78 is 10.4. The van der Waals surface area contributed by atoms with Crippen LogP contribution in [-0.2, 0) is 19.1 Å². The highest BCUT2D eigenvalue weighted by Crippen LogP contribution is 2.19. The molecule has 1 atom stereocenters. The van der Waals surface area contributed by atoms with Gasteiger partial charge in [0.2, 0.25) is 5.91 Å². The quantitative estimate of drug-likeness (QED) is 0.651. The Morgan fingerprint density at radius 3 is 2.43 bits per heavy atom. The Hall–Kier alpha value is -2.77. The van der Waals surface area contributed by atoms with Crippen LogP contribution in [-0.4, -0.2) is 59.6 Å². The Balaban J connectivity index is 1.71. The molecule has 1 aromatic rings. The van der Waals surface area contributed by atoms with Crippen LogP contribution in [0, 0.1) is 0 Å². The van der Waals surface area contributed by atoms with Gasteiger partial charge >= 0.3 is 5.97 Å². The molecular weight excluding hydrogens is 364 g/mol. The highest BCUT2D eigenvalue weighted by Gasteiger charge is 2.27. The summed E-state index contributed by atoms with van der Waals surface area (Å²) in [5, 5.41) is 12.2. The lowest BCUT2D eigenvalue weighted by atomic mass is 10.0. The molecule has 0 aliphatic carbocycles. The van der Waals surface area contributed by atoms with Crippen LogP contribution < -0.4 is 10.1 Å². The first-order valence-corrected chi connectivity index (χ1v) is 9.58. The summed E-state index contributed by atoms with van der Waals surface area (Å²) in [5.74, 6) is -0.0113. The molecule has 8 heteroatoms. The summed E-state index contributed by atoms with van der Waals surface area (Å²) in [6, 6.07) is 6.21. The molecule has 1 fully saturated rings. The van der Waals surface area contributed by atoms with Crippen molar-refractivity contribution < 1.29 is 29.0 Å². The molecular formula is C20H28N2O6. The summed E-state index contributed by atoms with van der Waals surface area (Å²) >= 11 is 0. The van der Waals surface area contributed by atoms with Gasteiger partial charge in [-0.05, 0) is 51.0 Å². The molecule has 154 valence electrons. The van der Waals surface area contributed by atoms with E-state index in [0.717, 1.165) is 0 Å². The number of ether oxygens (including phenoxy) is 2. The van der Waals surface area contributed by atoms with E-state index in [1.165, 1.54) is 12.1 Å². The maximum absolute atomic E-state index is 12.6. The van der Waals surface area contributed by atoms with Crippen LogP contribution in [0.4, 0.5) is 0 Å². The van der Waals surface area contributed by atoms with Crippen LogP contribution in [0.5, 0.6) is 11.5 Å². The number of hydrogen-bond acceptors (Lipinski definition) is 6. The second-order valence-corrected chi connectivity index (χ2v) is 6.73. The van der Waals surface area contributed by atoms with Gasteiger partial charge in [-0.3, -0.25) is 14.4 Å². The maximum atomic E-state index is 12.6. The Labute approximate surface area is 164 Å². The topological polar surface area (TPSA) is 105 Å². The van der Waals surface area contributed by atoms with E-state index < -0.39 is 6.10 Å². The van der Waals surface area contributed by atoms with E-state index in [4.69, 9.17) is 9.47 Å². The zero-order chi connectivity index (χ0) is 20.5. The first-order chi connectivity index (χ1) is 13.4. The van der Waals surface area contributed by atoms with Gasteiger partial charge in [-0.25, -0.2) is 0 Å². The molecule has 1 aliphatic heterocycles. The van der Waals surface area contributed by atoms with E-state index in [1.807, 2.05) is 0 Å². The average molecular weight is 392 g/mol. The Morgan fingerprint density at radius 1 is 1.18 bits per heavy atom. The lowest BCUT2D eigenvalue weighted by Gasteiger charge is -2.33. The highest BCUT2D eigenvalue weighted by atomic mass is 16.5. The molecule has 1 aliphatic rings. The van der Waals surface area contributed by atoms with E-state index in [0.29, 0.717) is 38.3 Å². The number of phenols is 1. The molecule has 0 spiro atoms. The van der Waals surface area contributed by atoms with Crippen molar-refractivity contribution in [2.24, 2.45) is 0 Å². The van der Waals surface area contributed by atoms with Crippen LogP contribution in [0.2, 0.25) is 0 Å². The molecule has 0 bridgehead atoms. The second kappa shape index (κ2) is 10.5. The fourth-order valence-electron chi connectivity index (χ4n) is 3.03. The number of amides is 2. The van der Waals surface area contributed by atoms with E-state index in [1.54, 1.807) is 30.9 Å². The van der Waals surface area contributed by atoms with Crippen LogP contribution in [0.15, 0.2) is 24.3 Å². The predicted molar refractivity (Wildman–Crippen MR) is 102 cm³/mol. The smallest absolute Gasteiger partial charge is 0.306 e. The number of hydrogen-bond donors (Lipinski definition) is 2. The molecule has 1 saturated heterocycles. The lowest BCUT2D eigenvalue weighted by molar-refractivity contribution is -0.144. The number of phenolic OH excluding ortho intramolecular Hbond substituents is 1.